The van der Waals surface area contributed by atoms with Gasteiger partial charge in [-0.2, -0.15) is 0 Å². The molecule has 0 aromatic rings. The smallest absolute Gasteiger partial charge is 0.329 e. The Balaban J connectivity index is 1.39. The largest absolute Gasteiger partial charge is 0.460 e. The molecule has 0 aromatic carbocycles. The monoisotopic (exact) mass is 942 g/mol. The predicted molar refractivity (Wildman–Crippen MR) is 253 cm³/mol. The van der Waals surface area contributed by atoms with Crippen LogP contribution in [-0.4, -0.2) is 163 Å². The summed E-state index contributed by atoms with van der Waals surface area (Å²) in [5.41, 5.74) is 1.65. The molecule has 4 aliphatic heterocycles. The van der Waals surface area contributed by atoms with E-state index in [9.17, 15) is 34.2 Å². The van der Waals surface area contributed by atoms with E-state index >= 15 is 0 Å². The Hall–Kier alpha value is -3.31. The van der Waals surface area contributed by atoms with Gasteiger partial charge in [-0.25, -0.2) is 4.79 Å². The van der Waals surface area contributed by atoms with E-state index in [2.05, 4.69) is 30.4 Å². The summed E-state index contributed by atoms with van der Waals surface area (Å²) >= 11 is 0. The normalized spacial score (nSPS) is 37.4. The van der Waals surface area contributed by atoms with Crippen LogP contribution in [0.1, 0.15) is 125 Å². The summed E-state index contributed by atoms with van der Waals surface area (Å²) < 4.78 is 30.2. The van der Waals surface area contributed by atoms with Crippen molar-refractivity contribution < 1.29 is 57.9 Å². The second-order valence-electron chi connectivity index (χ2n) is 20.6. The van der Waals surface area contributed by atoms with Crippen molar-refractivity contribution in [2.45, 2.75) is 173 Å². The van der Waals surface area contributed by atoms with Crippen LogP contribution in [0.2, 0.25) is 0 Å². The minimum atomic E-state index is -2.43. The van der Waals surface area contributed by atoms with Crippen LogP contribution >= 0.6 is 0 Å². The highest BCUT2D eigenvalue weighted by atomic mass is 16.7. The number of likely N-dealkylation sites (N-methyl/N-ethyl adjacent to an activating group) is 1. The summed E-state index contributed by atoms with van der Waals surface area (Å²) in [5, 5.41) is 23.9. The SMILES string of the molecule is C=CCC1/C=C(\C)C[C@H](C)CC[C@H]2O[C@@](O)(C(=O)C(=O)N3CCCC[C@H]3C(=O)O[C@H](/C(C)=C/[C@@H]3CC[C@@H](OC(=O)CCCN4CCN(C)CC4)[C@H](OC)C3)[C@H](C)[C@@H](O)CC1=O)[C@H](C)C[C@@H]2OC. The number of methoxy groups -OCH3 is 2. The van der Waals surface area contributed by atoms with Crippen LogP contribution < -0.4 is 0 Å². The first-order chi connectivity index (χ1) is 31.9. The van der Waals surface area contributed by atoms with Crippen molar-refractivity contribution in [3.63, 3.8) is 0 Å². The predicted octanol–water partition coefficient (Wildman–Crippen LogP) is 5.59. The second-order valence-corrected chi connectivity index (χ2v) is 20.6. The Bertz CT molecular complexity index is 1760. The number of piperidine rings is 1. The fraction of sp³-hybridized carbons (Fsp3) is 0.788. The lowest BCUT2D eigenvalue weighted by molar-refractivity contribution is -0.287. The average molecular weight is 942 g/mol. The number of aliphatic hydroxyl groups excluding tert-OH is 1. The van der Waals surface area contributed by atoms with Gasteiger partial charge in [0, 0.05) is 77.5 Å². The van der Waals surface area contributed by atoms with Gasteiger partial charge in [0.1, 0.15) is 24.0 Å². The zero-order valence-electron chi connectivity index (χ0n) is 41.8. The number of allylic oxidation sites excluding steroid dienone is 4. The number of ether oxygens (including phenoxy) is 5. The fourth-order valence-corrected chi connectivity index (χ4v) is 11.0. The number of nitrogens with zero attached hydrogens (tertiary/aromatic N) is 3. The van der Waals surface area contributed by atoms with Gasteiger partial charge in [-0.3, -0.25) is 19.2 Å². The van der Waals surface area contributed by atoms with Crippen molar-refractivity contribution in [1.29, 1.82) is 0 Å². The summed E-state index contributed by atoms with van der Waals surface area (Å²) in [6, 6.07) is -1.14. The lowest BCUT2D eigenvalue weighted by atomic mass is 9.81. The van der Waals surface area contributed by atoms with Gasteiger partial charge in [-0.05, 0) is 122 Å². The number of aliphatic hydroxyl groups is 2. The van der Waals surface area contributed by atoms with Crippen LogP contribution in [0.4, 0.5) is 0 Å². The van der Waals surface area contributed by atoms with Crippen molar-refractivity contribution in [3.8, 4) is 0 Å². The first-order valence-corrected chi connectivity index (χ1v) is 25.2. The molecule has 5 rings (SSSR count). The van der Waals surface area contributed by atoms with E-state index in [-0.39, 0.29) is 55.5 Å². The molecule has 0 radical (unpaired) electrons. The third-order valence-corrected chi connectivity index (χ3v) is 15.3. The molecule has 4 fully saturated rings. The van der Waals surface area contributed by atoms with E-state index in [1.54, 1.807) is 34.1 Å². The van der Waals surface area contributed by atoms with Crippen molar-refractivity contribution >= 4 is 29.4 Å². The summed E-state index contributed by atoms with van der Waals surface area (Å²) in [5.74, 6) is -7.67. The highest BCUT2D eigenvalue weighted by Crippen LogP contribution is 2.39. The molecule has 15 nitrogen and oxygen atoms in total. The number of cyclic esters (lactones) is 1. The Morgan fingerprint density at radius 3 is 2.33 bits per heavy atom. The number of Topliss-reactive ketones (excluding diaryl/α,β-unsaturated/α-hetero) is 2. The van der Waals surface area contributed by atoms with Gasteiger partial charge >= 0.3 is 11.9 Å². The molecule has 1 saturated carbocycles. The van der Waals surface area contributed by atoms with E-state index in [1.165, 1.54) is 4.90 Å². The maximum atomic E-state index is 14.5. The molecule has 1 amide bonds. The van der Waals surface area contributed by atoms with Gasteiger partial charge in [-0.1, -0.05) is 44.6 Å². The number of carbonyl (C=O) groups is 5. The fourth-order valence-electron chi connectivity index (χ4n) is 11.0. The maximum Gasteiger partial charge on any atom is 0.329 e. The van der Waals surface area contributed by atoms with Crippen LogP contribution in [-0.2, 0) is 47.7 Å². The number of piperazine rings is 1. The molecule has 0 spiro atoms. The van der Waals surface area contributed by atoms with Crippen molar-refractivity contribution in [3.05, 3.63) is 36.0 Å². The van der Waals surface area contributed by atoms with Crippen molar-refractivity contribution in [1.82, 2.24) is 14.7 Å². The molecule has 5 aliphatic rings. The molecule has 1 aliphatic carbocycles. The molecule has 2 bridgehead atoms. The number of carbonyl (C=O) groups excluding carboxylic acids is 5. The van der Waals surface area contributed by atoms with Gasteiger partial charge < -0.3 is 48.6 Å². The number of amides is 1. The number of rotatable bonds is 11. The molecule has 13 atom stereocenters. The van der Waals surface area contributed by atoms with E-state index < -0.39 is 77.8 Å². The molecular formula is C52H83N3O12. The summed E-state index contributed by atoms with van der Waals surface area (Å²) in [6.45, 7) is 18.2. The first kappa shape index (κ1) is 54.6. The van der Waals surface area contributed by atoms with E-state index in [1.807, 2.05) is 26.0 Å². The molecule has 0 aromatic heterocycles. The Morgan fingerprint density at radius 1 is 0.925 bits per heavy atom. The molecule has 3 saturated heterocycles. The number of hydrogen-bond donors (Lipinski definition) is 2. The standard InChI is InChI=1S/C52H83N3O12/c1-10-14-39-28-34(3)27-33(2)17-19-44-45(63-8)30-36(5)52(62,67-44)49(59)50(60)55-22-12-11-15-40(55)51(61)66-48(37(6)41(56)32-42(39)57)35(4)29-38-18-20-43(46(31-38)64-9)65-47(58)16-13-21-54-25-23-53(7)24-26-54/h10,28-29,33,36-41,43-46,48,56,62H,1,11-27,30-32H2,2-9H3/b34-28+,35-29+/t33-,36-,37-,38+,39?,40+,41+,43-,44-,45+,46-,48-,52-/m1/s1. The van der Waals surface area contributed by atoms with E-state index in [0.29, 0.717) is 69.8 Å². The Kier molecular flexibility index (Phi) is 20.8. The number of ketones is 2. The lowest BCUT2D eigenvalue weighted by Crippen LogP contribution is -2.62. The third-order valence-electron chi connectivity index (χ3n) is 15.3. The molecule has 67 heavy (non-hydrogen) atoms. The maximum absolute atomic E-state index is 14.5. The molecule has 2 N–H and O–H groups in total. The zero-order valence-corrected chi connectivity index (χ0v) is 41.8. The van der Waals surface area contributed by atoms with Crippen LogP contribution in [0, 0.1) is 29.6 Å². The van der Waals surface area contributed by atoms with Crippen molar-refractivity contribution in [2.24, 2.45) is 29.6 Å². The molecule has 15 heteroatoms. The first-order valence-electron chi connectivity index (χ1n) is 25.2. The highest BCUT2D eigenvalue weighted by molar-refractivity contribution is 6.39. The summed E-state index contributed by atoms with van der Waals surface area (Å²) in [7, 11) is 5.29. The summed E-state index contributed by atoms with van der Waals surface area (Å²) in [4.78, 5) is 75.9. The van der Waals surface area contributed by atoms with Crippen LogP contribution in [0.25, 0.3) is 0 Å². The van der Waals surface area contributed by atoms with Gasteiger partial charge in [0.05, 0.1) is 24.4 Å². The van der Waals surface area contributed by atoms with Crippen LogP contribution in [0.3, 0.4) is 0 Å². The van der Waals surface area contributed by atoms with Gasteiger partial charge in [0.2, 0.25) is 5.79 Å². The number of hydrogen-bond acceptors (Lipinski definition) is 14. The quantitative estimate of drug-likeness (QED) is 0.149. The molecule has 1 unspecified atom stereocenters. The van der Waals surface area contributed by atoms with Gasteiger partial charge in [-0.15, -0.1) is 6.58 Å². The van der Waals surface area contributed by atoms with Crippen LogP contribution in [0.15, 0.2) is 36.0 Å². The Morgan fingerprint density at radius 2 is 1.64 bits per heavy atom. The molecule has 378 valence electrons. The highest BCUT2D eigenvalue weighted by Gasteiger charge is 2.55. The topological polar surface area (TPSA) is 182 Å². The minimum Gasteiger partial charge on any atom is -0.460 e. The van der Waals surface area contributed by atoms with Crippen molar-refractivity contribution in [2.75, 3.05) is 60.5 Å². The average Bonchev–Trinajstić information content (AvgIpc) is 3.30. The third kappa shape index (κ3) is 14.6. The second kappa shape index (κ2) is 25.5. The van der Waals surface area contributed by atoms with E-state index in [0.717, 1.165) is 44.7 Å². The Labute approximate surface area is 399 Å². The van der Waals surface area contributed by atoms with Gasteiger partial charge in [0.15, 0.2) is 0 Å². The van der Waals surface area contributed by atoms with Crippen LogP contribution in [0.5, 0.6) is 0 Å². The van der Waals surface area contributed by atoms with Gasteiger partial charge in [0.25, 0.3) is 11.7 Å². The van der Waals surface area contributed by atoms with E-state index in [4.69, 9.17) is 23.7 Å². The summed E-state index contributed by atoms with van der Waals surface area (Å²) in [6.07, 6.45) is 8.08. The molecule has 4 heterocycles. The number of fused-ring (bicyclic) bond motifs is 3. The lowest BCUT2D eigenvalue weighted by Gasteiger charge is -2.45. The zero-order chi connectivity index (χ0) is 49.0. The minimum absolute atomic E-state index is 0.0513. The molecular weight excluding hydrogens is 859 g/mol. The number of esters is 2.